The first-order chi connectivity index (χ1) is 11.3. The van der Waals surface area contributed by atoms with Gasteiger partial charge < -0.3 is 10.2 Å². The average molecular weight is 380 g/mol. The highest BCUT2D eigenvalue weighted by Crippen LogP contribution is 2.20. The molecule has 1 aromatic rings. The molecule has 3 N–H and O–H groups in total. The number of halogens is 2. The van der Waals surface area contributed by atoms with Gasteiger partial charge >= 0.3 is 0 Å². The van der Waals surface area contributed by atoms with Crippen molar-refractivity contribution in [3.63, 3.8) is 0 Å². The summed E-state index contributed by atoms with van der Waals surface area (Å²) in [6.45, 7) is 0.277. The van der Waals surface area contributed by atoms with Crippen molar-refractivity contribution in [1.82, 2.24) is 10.6 Å². The second-order valence-corrected chi connectivity index (χ2v) is 6.92. The summed E-state index contributed by atoms with van der Waals surface area (Å²) in [5, 5.41) is 3.80. The van der Waals surface area contributed by atoms with Crippen molar-refractivity contribution in [2.45, 2.75) is 12.8 Å². The smallest absolute Gasteiger partial charge is 0.276 e. The Kier molecular flexibility index (Phi) is 5.99. The second-order valence-electron chi connectivity index (χ2n) is 4.94. The monoisotopic (exact) mass is 379 g/mol. The van der Waals surface area contributed by atoms with E-state index in [1.807, 2.05) is 0 Å². The third-order valence-corrected chi connectivity index (χ3v) is 4.16. The summed E-state index contributed by atoms with van der Waals surface area (Å²) >= 11 is 5.65. The van der Waals surface area contributed by atoms with Crippen LogP contribution in [0.15, 0.2) is 30.2 Å². The highest BCUT2D eigenvalue weighted by Gasteiger charge is 2.23. The lowest BCUT2D eigenvalue weighted by molar-refractivity contribution is -0.114. The number of amides is 1. The van der Waals surface area contributed by atoms with E-state index in [-0.39, 0.29) is 29.4 Å². The maximum absolute atomic E-state index is 13.1. The Balaban J connectivity index is 1.89. The number of hydrogen-bond donors (Lipinski definition) is 3. The van der Waals surface area contributed by atoms with Crippen LogP contribution in [0.4, 0.5) is 10.1 Å². The van der Waals surface area contributed by atoms with E-state index in [4.69, 9.17) is 21.0 Å². The van der Waals surface area contributed by atoms with Gasteiger partial charge in [0.05, 0.1) is 10.8 Å². The molecule has 2 rings (SSSR count). The fraction of sp³-hybridized carbons (Fsp3) is 0.308. The van der Waals surface area contributed by atoms with Gasteiger partial charge in [-0.25, -0.2) is 4.39 Å². The van der Waals surface area contributed by atoms with E-state index in [0.717, 1.165) is 6.07 Å². The molecule has 24 heavy (non-hydrogen) atoms. The summed E-state index contributed by atoms with van der Waals surface area (Å²) in [5.41, 5.74) is 2.94. The number of hydrogen-bond acceptors (Lipinski definition) is 6. The van der Waals surface area contributed by atoms with Crippen LogP contribution in [0.5, 0.6) is 0 Å². The quantitative estimate of drug-likeness (QED) is 0.488. The summed E-state index contributed by atoms with van der Waals surface area (Å²) in [7, 11) is -4.01. The number of nitrogens with zero attached hydrogens (tertiary/aromatic N) is 1. The van der Waals surface area contributed by atoms with Gasteiger partial charge in [0.1, 0.15) is 12.1 Å². The van der Waals surface area contributed by atoms with E-state index < -0.39 is 21.8 Å². The lowest BCUT2D eigenvalue weighted by Crippen LogP contribution is -2.36. The van der Waals surface area contributed by atoms with Crippen molar-refractivity contribution < 1.29 is 27.0 Å². The summed E-state index contributed by atoms with van der Waals surface area (Å²) in [6.07, 6.45) is 1.80. The molecule has 1 aliphatic rings. The second kappa shape index (κ2) is 7.79. The molecule has 0 saturated heterocycles. The van der Waals surface area contributed by atoms with E-state index in [2.05, 4.69) is 10.9 Å². The zero-order valence-electron chi connectivity index (χ0n) is 12.3. The van der Waals surface area contributed by atoms with Crippen LogP contribution >= 0.6 is 11.6 Å². The lowest BCUT2D eigenvalue weighted by Gasteiger charge is -2.18. The van der Waals surface area contributed by atoms with Gasteiger partial charge in [-0.2, -0.15) is 8.42 Å². The predicted molar refractivity (Wildman–Crippen MR) is 84.7 cm³/mol. The summed E-state index contributed by atoms with van der Waals surface area (Å²) in [5.74, 6) is -1.47. The zero-order chi connectivity index (χ0) is 17.7. The van der Waals surface area contributed by atoms with Gasteiger partial charge in [0.15, 0.2) is 5.70 Å². The van der Waals surface area contributed by atoms with Crippen molar-refractivity contribution in [2.75, 3.05) is 17.6 Å². The van der Waals surface area contributed by atoms with Crippen molar-refractivity contribution in [3.05, 3.63) is 41.0 Å². The van der Waals surface area contributed by atoms with Gasteiger partial charge in [0, 0.05) is 12.2 Å². The van der Waals surface area contributed by atoms with Crippen molar-refractivity contribution >= 4 is 33.3 Å². The van der Waals surface area contributed by atoms with Gasteiger partial charge in [-0.15, -0.1) is 0 Å². The third-order valence-electron chi connectivity index (χ3n) is 3.07. The first-order valence-electron chi connectivity index (χ1n) is 6.87. The van der Waals surface area contributed by atoms with Gasteiger partial charge in [-0.3, -0.25) is 14.4 Å². The molecule has 132 valence electrons. The van der Waals surface area contributed by atoms with Crippen LogP contribution in [-0.4, -0.2) is 36.2 Å². The largest absolute Gasteiger partial charge is 0.394 e. The van der Waals surface area contributed by atoms with Crippen molar-refractivity contribution in [2.24, 2.45) is 0 Å². The number of hydrazine groups is 1. The fourth-order valence-electron chi connectivity index (χ4n) is 1.92. The van der Waals surface area contributed by atoms with Crippen LogP contribution in [-0.2, 0) is 19.8 Å². The Morgan fingerprint density at radius 1 is 1.42 bits per heavy atom. The molecule has 8 nitrogen and oxygen atoms in total. The number of benzene rings is 1. The Labute approximate surface area is 142 Å². The first-order valence-corrected chi connectivity index (χ1v) is 8.85. The van der Waals surface area contributed by atoms with Crippen LogP contribution in [0.1, 0.15) is 12.8 Å². The molecule has 1 aromatic carbocycles. The Hall–Kier alpha value is -1.88. The minimum Gasteiger partial charge on any atom is -0.394 e. The minimum atomic E-state index is -4.01. The predicted octanol–water partition coefficient (Wildman–Crippen LogP) is 1.68. The number of anilines is 1. The third kappa shape index (κ3) is 5.34. The molecule has 0 spiro atoms. The number of carbonyl (C=O) groups excluding carboxylic acids is 1. The molecule has 0 saturated carbocycles. The minimum absolute atomic E-state index is 0.121. The van der Waals surface area contributed by atoms with E-state index in [1.165, 1.54) is 23.4 Å². The van der Waals surface area contributed by atoms with Gasteiger partial charge in [-0.1, -0.05) is 17.2 Å². The summed E-state index contributed by atoms with van der Waals surface area (Å²) < 4.78 is 43.0. The van der Waals surface area contributed by atoms with E-state index >= 15 is 0 Å². The molecule has 0 unspecified atom stereocenters. The molecule has 1 heterocycles. The number of nitrogens with one attached hydrogen (secondary N) is 2. The zero-order valence-corrected chi connectivity index (χ0v) is 13.9. The highest BCUT2D eigenvalue weighted by molar-refractivity contribution is 7.85. The van der Waals surface area contributed by atoms with Gasteiger partial charge in [0.2, 0.25) is 0 Å². The van der Waals surface area contributed by atoms with E-state index in [9.17, 15) is 17.6 Å². The molecule has 0 atom stereocenters. The molecular weight excluding hydrogens is 365 g/mol. The Bertz CT molecular complexity index is 756. The summed E-state index contributed by atoms with van der Waals surface area (Å²) in [4.78, 5) is 17.1. The SMILES string of the molecule is O=C(Nc1ccc(F)c(Cl)c1)C1=CONN1CCCCS(=O)(=O)O. The van der Waals surface area contributed by atoms with E-state index in [0.29, 0.717) is 12.1 Å². The van der Waals surface area contributed by atoms with Crippen molar-refractivity contribution in [3.8, 4) is 0 Å². The standard InChI is InChI=1S/C13H15ClFN3O5S/c14-10-7-9(3-4-11(10)15)16-13(19)12-8-23-17-18(12)5-1-2-6-24(20,21)22/h3-4,7-8,17H,1-2,5-6H2,(H,16,19)(H,20,21,22). The van der Waals surface area contributed by atoms with Gasteiger partial charge in [-0.05, 0) is 31.0 Å². The van der Waals surface area contributed by atoms with Crippen LogP contribution in [0.25, 0.3) is 0 Å². The van der Waals surface area contributed by atoms with E-state index in [1.54, 1.807) is 0 Å². The molecule has 0 aliphatic carbocycles. The van der Waals surface area contributed by atoms with Gasteiger partial charge in [0.25, 0.3) is 16.0 Å². The fourth-order valence-corrected chi connectivity index (χ4v) is 2.67. The molecule has 1 aliphatic heterocycles. The average Bonchev–Trinajstić information content (AvgIpc) is 2.95. The summed E-state index contributed by atoms with van der Waals surface area (Å²) in [6, 6.07) is 3.76. The topological polar surface area (TPSA) is 108 Å². The number of carbonyl (C=O) groups is 1. The normalized spacial score (nSPS) is 14.3. The molecule has 0 bridgehead atoms. The lowest BCUT2D eigenvalue weighted by atomic mass is 10.3. The Morgan fingerprint density at radius 3 is 2.83 bits per heavy atom. The number of rotatable bonds is 7. The number of unbranched alkanes of at least 4 members (excludes halogenated alkanes) is 1. The van der Waals surface area contributed by atoms with Crippen molar-refractivity contribution in [1.29, 1.82) is 0 Å². The first kappa shape index (κ1) is 18.5. The van der Waals surface area contributed by atoms with Crippen LogP contribution in [0, 0.1) is 5.82 Å². The maximum atomic E-state index is 13.1. The molecule has 0 aromatic heterocycles. The molecule has 0 fully saturated rings. The molecular formula is C13H15ClFN3O5S. The maximum Gasteiger partial charge on any atom is 0.276 e. The van der Waals surface area contributed by atoms with Crippen LogP contribution < -0.4 is 10.9 Å². The molecule has 11 heteroatoms. The Morgan fingerprint density at radius 2 is 2.17 bits per heavy atom. The van der Waals surface area contributed by atoms with Crippen LogP contribution in [0.2, 0.25) is 5.02 Å². The van der Waals surface area contributed by atoms with Crippen LogP contribution in [0.3, 0.4) is 0 Å². The molecule has 1 amide bonds. The highest BCUT2D eigenvalue weighted by atomic mass is 35.5. The molecule has 0 radical (unpaired) electrons.